The van der Waals surface area contributed by atoms with Gasteiger partial charge in [0.25, 0.3) is 0 Å². The standard InChI is InChI=1S/C60H32Cl4N4O8.Zn/c1-25-9-5-13-29-49(61)45(57(69)73-53(25)29)41-33-17-19-35(65-33)42(46-50(62)30-14-6-10-26(2)54(30)74-58(46)70)37-21-23-39(67-37)44(48-52(64)32-16-8-12-28(4)56(32)76-60(48)72)40-24-22-38(68-40)43(36-20-18-34(41)66-36)47-51(63)31-15-7-11-27(3)55(31)75-59(47)71;/h5-24H,1-4H3;/q-2;+2. The van der Waals surface area contributed by atoms with Crippen molar-refractivity contribution in [3.63, 3.8) is 0 Å². The molecule has 2 aliphatic heterocycles. The number of hydrogen-bond donors (Lipinski definition) is 0. The third-order valence-corrected chi connectivity index (χ3v) is 15.4. The van der Waals surface area contributed by atoms with Crippen LogP contribution in [-0.2, 0) is 19.5 Å². The maximum atomic E-state index is 14.6. The largest absolute Gasteiger partial charge is 2.00 e. The molecule has 4 aromatic carbocycles. The molecule has 0 fully saturated rings. The zero-order valence-corrected chi connectivity index (χ0v) is 46.8. The molecule has 0 saturated carbocycles. The van der Waals surface area contributed by atoms with Crippen molar-refractivity contribution in [1.29, 1.82) is 0 Å². The van der Waals surface area contributed by atoms with E-state index in [0.717, 1.165) is 0 Å². The van der Waals surface area contributed by atoms with Gasteiger partial charge in [-0.25, -0.2) is 29.1 Å². The van der Waals surface area contributed by atoms with Crippen molar-refractivity contribution in [2.75, 3.05) is 0 Å². The number of fused-ring (bicyclic) bond motifs is 12. The average Bonchev–Trinajstić information content (AvgIpc) is 4.37. The fourth-order valence-electron chi connectivity index (χ4n) is 10.3. The monoisotopic (exact) mass is 1140 g/mol. The molecule has 17 heteroatoms. The third kappa shape index (κ3) is 7.74. The molecular weight excluding hydrogens is 1110 g/mol. The predicted molar refractivity (Wildman–Crippen MR) is 302 cm³/mol. The van der Waals surface area contributed by atoms with Gasteiger partial charge in [0.1, 0.15) is 22.3 Å². The second-order valence-corrected chi connectivity index (χ2v) is 20.0. The molecule has 0 saturated heterocycles. The molecule has 12 nitrogen and oxygen atoms in total. The maximum absolute atomic E-state index is 14.6. The minimum absolute atomic E-state index is 0. The average molecular weight is 1140 g/mol. The summed E-state index contributed by atoms with van der Waals surface area (Å²) in [5.74, 6) is 0. The molecule has 0 atom stereocenters. The van der Waals surface area contributed by atoms with Crippen LogP contribution in [0.15, 0.2) is 134 Å². The Morgan fingerprint density at radius 1 is 0.338 bits per heavy atom. The Balaban J connectivity index is 0.00000596. The van der Waals surface area contributed by atoms with Crippen LogP contribution in [0.5, 0.6) is 0 Å². The Hall–Kier alpha value is -7.90. The van der Waals surface area contributed by atoms with Crippen LogP contribution >= 0.6 is 46.4 Å². The van der Waals surface area contributed by atoms with Gasteiger partial charge in [-0.05, 0) is 98.5 Å². The molecule has 9 heterocycles. The number of hydrogen-bond acceptors (Lipinski definition) is 10. The molecule has 0 spiro atoms. The molecule has 0 radical (unpaired) electrons. The molecule has 0 N–H and O–H groups in total. The van der Waals surface area contributed by atoms with Crippen LogP contribution in [0.3, 0.4) is 0 Å². The number of aryl methyl sites for hydroxylation is 4. The first-order chi connectivity index (χ1) is 36.7. The molecule has 2 aliphatic rings. The summed E-state index contributed by atoms with van der Waals surface area (Å²) in [5, 5.41) is 2.03. The molecule has 0 unspecified atom stereocenters. The van der Waals surface area contributed by atoms with Gasteiger partial charge >= 0.3 is 42.0 Å². The van der Waals surface area contributed by atoms with Crippen molar-refractivity contribution in [2.24, 2.45) is 0 Å². The quantitative estimate of drug-likeness (QED) is 0.121. The zero-order valence-electron chi connectivity index (χ0n) is 40.8. The Kier molecular flexibility index (Phi) is 12.1. The molecule has 370 valence electrons. The summed E-state index contributed by atoms with van der Waals surface area (Å²) in [4.78, 5) is 78.9. The van der Waals surface area contributed by atoms with E-state index in [9.17, 15) is 19.2 Å². The number of para-hydroxylation sites is 4. The molecule has 7 aromatic heterocycles. The minimum atomic E-state index is -0.791. The van der Waals surface area contributed by atoms with E-state index in [1.165, 1.54) is 0 Å². The van der Waals surface area contributed by atoms with Gasteiger partial charge in [0.2, 0.25) is 0 Å². The van der Waals surface area contributed by atoms with Crippen LogP contribution in [0.25, 0.3) is 135 Å². The second kappa shape index (κ2) is 18.7. The van der Waals surface area contributed by atoms with Gasteiger partial charge in [0.15, 0.2) is 0 Å². The molecule has 77 heavy (non-hydrogen) atoms. The molecule has 8 bridgehead atoms. The molecular formula is C60H32Cl4N4O8Zn. The number of aromatic nitrogens is 4. The van der Waals surface area contributed by atoms with E-state index in [1.807, 2.05) is 0 Å². The Bertz CT molecular complexity index is 4370. The first kappa shape index (κ1) is 49.9. The topological polar surface area (TPSA) is 175 Å². The van der Waals surface area contributed by atoms with E-state index in [-0.39, 0.29) is 129 Å². The van der Waals surface area contributed by atoms with Gasteiger partial charge in [-0.3, -0.25) is 0 Å². The van der Waals surface area contributed by atoms with Crippen LogP contribution in [0.1, 0.15) is 45.0 Å². The van der Waals surface area contributed by atoms with E-state index in [4.69, 9.17) is 84.0 Å². The van der Waals surface area contributed by atoms with Crippen molar-refractivity contribution < 1.29 is 37.1 Å². The summed E-state index contributed by atoms with van der Waals surface area (Å²) in [5.41, 5.74) is 2.37. The Morgan fingerprint density at radius 2 is 0.558 bits per heavy atom. The number of benzene rings is 4. The summed E-state index contributed by atoms with van der Waals surface area (Å²) in [7, 11) is 0. The second-order valence-electron chi connectivity index (χ2n) is 18.5. The SMILES string of the molecule is Cc1cccc2c(Cl)c(-c3c4nc(c(-c5c(Cl)c6cccc(C)c6oc5=O)c5ccc([n-]5)c(-c5c(Cl)c6cccc(C)c6oc5=O)c5nc(c(-c6c(Cl)c7cccc(C)c7oc6=O)c6ccc3[n-]6)C=C5)C=C4)c(=O)oc12.[Zn+2]. The van der Waals surface area contributed by atoms with Crippen molar-refractivity contribution in [1.82, 2.24) is 19.9 Å². The summed E-state index contributed by atoms with van der Waals surface area (Å²) in [6, 6.07) is 27.9. The van der Waals surface area contributed by atoms with Gasteiger partial charge in [-0.15, -0.1) is 22.1 Å². The molecule has 11 aromatic rings. The smallest absolute Gasteiger partial charge is 0.657 e. The van der Waals surface area contributed by atoms with Crippen molar-refractivity contribution in [3.05, 3.63) is 204 Å². The van der Waals surface area contributed by atoms with Crippen molar-refractivity contribution in [3.8, 4) is 44.5 Å². The van der Waals surface area contributed by atoms with Gasteiger partial charge in [-0.2, -0.15) is 0 Å². The molecule has 13 rings (SSSR count). The van der Waals surface area contributed by atoms with E-state index in [2.05, 4.69) is 0 Å². The first-order valence-electron chi connectivity index (χ1n) is 23.6. The number of rotatable bonds is 4. The molecule has 0 aliphatic carbocycles. The van der Waals surface area contributed by atoms with Gasteiger partial charge in [0, 0.05) is 43.8 Å². The number of halogens is 4. The normalized spacial score (nSPS) is 12.2. The van der Waals surface area contributed by atoms with E-state index >= 15 is 0 Å². The maximum Gasteiger partial charge on any atom is 2.00 e. The Labute approximate surface area is 466 Å². The van der Waals surface area contributed by atoms with Crippen LogP contribution in [0, 0.1) is 27.7 Å². The van der Waals surface area contributed by atoms with Crippen LogP contribution < -0.4 is 32.5 Å². The minimum Gasteiger partial charge on any atom is -0.657 e. The predicted octanol–water partition coefficient (Wildman–Crippen LogP) is 14.9. The van der Waals surface area contributed by atoms with E-state index < -0.39 is 22.5 Å². The fourth-order valence-corrected chi connectivity index (χ4v) is 11.6. The van der Waals surface area contributed by atoms with Crippen molar-refractivity contribution >= 4 is 137 Å². The van der Waals surface area contributed by atoms with E-state index in [0.29, 0.717) is 66.1 Å². The Morgan fingerprint density at radius 3 is 0.779 bits per heavy atom. The van der Waals surface area contributed by atoms with Crippen LogP contribution in [0.4, 0.5) is 0 Å². The van der Waals surface area contributed by atoms with Gasteiger partial charge in [-0.1, -0.05) is 119 Å². The molecule has 0 amide bonds. The summed E-state index contributed by atoms with van der Waals surface area (Å²) in [6.07, 6.45) is 6.57. The van der Waals surface area contributed by atoms with E-state index in [1.54, 1.807) is 149 Å². The first-order valence-corrected chi connectivity index (χ1v) is 25.1. The number of nitrogens with zero attached hydrogens (tertiary/aromatic N) is 4. The summed E-state index contributed by atoms with van der Waals surface area (Å²) in [6.45, 7) is 7.21. The van der Waals surface area contributed by atoms with Gasteiger partial charge in [0.05, 0.1) is 65.1 Å². The summed E-state index contributed by atoms with van der Waals surface area (Å²) >= 11 is 29.3. The fraction of sp³-hybridized carbons (Fsp3) is 0.0667. The van der Waals surface area contributed by atoms with Crippen LogP contribution in [0.2, 0.25) is 20.1 Å². The third-order valence-electron chi connectivity index (χ3n) is 13.9. The van der Waals surface area contributed by atoms with Crippen molar-refractivity contribution in [2.45, 2.75) is 27.7 Å². The van der Waals surface area contributed by atoms with Gasteiger partial charge < -0.3 is 27.6 Å². The zero-order chi connectivity index (χ0) is 52.6. The van der Waals surface area contributed by atoms with Crippen LogP contribution in [-0.4, -0.2) is 9.97 Å². The summed E-state index contributed by atoms with van der Waals surface area (Å²) < 4.78 is 24.2.